The minimum Gasteiger partial charge on any atom is -0.370 e. The number of piperidine rings is 1. The fourth-order valence-electron chi connectivity index (χ4n) is 5.76. The molecule has 0 aliphatic carbocycles. The molecule has 0 N–H and O–H groups in total. The van der Waals surface area contributed by atoms with E-state index < -0.39 is 5.41 Å². The van der Waals surface area contributed by atoms with Gasteiger partial charge in [0.25, 0.3) is 0 Å². The molecule has 180 valence electrons. The molecule has 5 rings (SSSR count). The fraction of sp³-hybridized carbons (Fsp3) is 0.367. The Morgan fingerprint density at radius 3 is 2.29 bits per heavy atom. The Morgan fingerprint density at radius 1 is 0.857 bits per heavy atom. The van der Waals surface area contributed by atoms with Crippen LogP contribution in [0, 0.1) is 23.0 Å². The third kappa shape index (κ3) is 4.94. The number of nitrogens with zero attached hydrogens (tertiary/aromatic N) is 3. The van der Waals surface area contributed by atoms with E-state index in [2.05, 4.69) is 28.0 Å². The molecule has 3 nitrogen and oxygen atoms in total. The number of benzene rings is 3. The summed E-state index contributed by atoms with van der Waals surface area (Å²) in [6.07, 6.45) is 3.59. The van der Waals surface area contributed by atoms with Crippen LogP contribution >= 0.6 is 0 Å². The summed E-state index contributed by atoms with van der Waals surface area (Å²) in [5, 5.41) is 9.98. The SMILES string of the molecule is N#CC1(c2ccccc2)CCN(CCN2CCCC(c3ccc(F)cc3)c3ccc(F)cc32)CC1. The van der Waals surface area contributed by atoms with Crippen molar-refractivity contribution in [1.82, 2.24) is 4.90 Å². The number of anilines is 1. The van der Waals surface area contributed by atoms with Gasteiger partial charge in [-0.3, -0.25) is 0 Å². The molecule has 2 aliphatic rings. The predicted octanol–water partition coefficient (Wildman–Crippen LogP) is 6.25. The molecule has 1 atom stereocenters. The van der Waals surface area contributed by atoms with Gasteiger partial charge in [-0.1, -0.05) is 48.5 Å². The minimum atomic E-state index is -0.404. The minimum absolute atomic E-state index is 0.133. The van der Waals surface area contributed by atoms with Gasteiger partial charge in [-0.25, -0.2) is 8.78 Å². The molecule has 2 heterocycles. The predicted molar refractivity (Wildman–Crippen MR) is 135 cm³/mol. The molecule has 3 aromatic rings. The van der Waals surface area contributed by atoms with Crippen LogP contribution in [0.1, 0.15) is 48.3 Å². The summed E-state index contributed by atoms with van der Waals surface area (Å²) in [6.45, 7) is 4.33. The molecule has 0 amide bonds. The van der Waals surface area contributed by atoms with Crippen molar-refractivity contribution in [3.8, 4) is 6.07 Å². The van der Waals surface area contributed by atoms with Crippen LogP contribution in [0.2, 0.25) is 0 Å². The van der Waals surface area contributed by atoms with E-state index in [4.69, 9.17) is 0 Å². The highest BCUT2D eigenvalue weighted by Gasteiger charge is 2.36. The maximum Gasteiger partial charge on any atom is 0.125 e. The quantitative estimate of drug-likeness (QED) is 0.440. The third-order valence-electron chi connectivity index (χ3n) is 7.84. The van der Waals surface area contributed by atoms with Gasteiger partial charge in [0.1, 0.15) is 11.6 Å². The highest BCUT2D eigenvalue weighted by molar-refractivity contribution is 5.58. The van der Waals surface area contributed by atoms with Crippen molar-refractivity contribution in [1.29, 1.82) is 5.26 Å². The molecule has 0 bridgehead atoms. The van der Waals surface area contributed by atoms with Gasteiger partial charge in [0, 0.05) is 44.3 Å². The van der Waals surface area contributed by atoms with Crippen LogP contribution in [-0.4, -0.2) is 37.6 Å². The van der Waals surface area contributed by atoms with Crippen molar-refractivity contribution in [2.75, 3.05) is 37.6 Å². The molecule has 1 fully saturated rings. The lowest BCUT2D eigenvalue weighted by atomic mass is 9.74. The van der Waals surface area contributed by atoms with Crippen LogP contribution in [0.3, 0.4) is 0 Å². The number of fused-ring (bicyclic) bond motifs is 1. The molecule has 0 radical (unpaired) electrons. The first-order valence-corrected chi connectivity index (χ1v) is 12.6. The summed E-state index contributed by atoms with van der Waals surface area (Å²) in [6, 6.07) is 24.6. The molecular weight excluding hydrogens is 440 g/mol. The van der Waals surface area contributed by atoms with E-state index in [0.717, 1.165) is 80.8 Å². The molecule has 3 aromatic carbocycles. The van der Waals surface area contributed by atoms with Crippen LogP contribution in [0.15, 0.2) is 72.8 Å². The molecule has 2 aliphatic heterocycles. The average Bonchev–Trinajstić information content (AvgIpc) is 3.08. The second-order valence-corrected chi connectivity index (χ2v) is 9.84. The van der Waals surface area contributed by atoms with Crippen molar-refractivity contribution in [2.24, 2.45) is 0 Å². The zero-order valence-corrected chi connectivity index (χ0v) is 20.0. The number of likely N-dealkylation sites (tertiary alicyclic amines) is 1. The van der Waals surface area contributed by atoms with Crippen molar-refractivity contribution >= 4 is 5.69 Å². The molecule has 0 spiro atoms. The van der Waals surface area contributed by atoms with E-state index in [1.54, 1.807) is 6.07 Å². The first kappa shape index (κ1) is 23.5. The summed E-state index contributed by atoms with van der Waals surface area (Å²) < 4.78 is 27.9. The number of hydrogen-bond donors (Lipinski definition) is 0. The van der Waals surface area contributed by atoms with Gasteiger partial charge in [0.2, 0.25) is 0 Å². The highest BCUT2D eigenvalue weighted by Crippen LogP contribution is 2.39. The second-order valence-electron chi connectivity index (χ2n) is 9.84. The summed E-state index contributed by atoms with van der Waals surface area (Å²) in [7, 11) is 0. The van der Waals surface area contributed by atoms with Crippen LogP contribution < -0.4 is 4.90 Å². The fourth-order valence-corrected chi connectivity index (χ4v) is 5.76. The van der Waals surface area contributed by atoms with Gasteiger partial charge in [0.05, 0.1) is 11.5 Å². The van der Waals surface area contributed by atoms with Gasteiger partial charge in [-0.05, 0) is 66.6 Å². The van der Waals surface area contributed by atoms with Crippen LogP contribution in [0.25, 0.3) is 0 Å². The summed E-state index contributed by atoms with van der Waals surface area (Å²) in [5.41, 5.74) is 3.85. The van der Waals surface area contributed by atoms with E-state index in [0.29, 0.717) is 0 Å². The zero-order chi connectivity index (χ0) is 24.3. The maximum atomic E-state index is 14.3. The van der Waals surface area contributed by atoms with Crippen LogP contribution in [0.4, 0.5) is 14.5 Å². The molecule has 1 saturated heterocycles. The molecule has 5 heteroatoms. The number of hydrogen-bond acceptors (Lipinski definition) is 3. The Morgan fingerprint density at radius 2 is 1.57 bits per heavy atom. The Hall–Kier alpha value is -3.23. The summed E-state index contributed by atoms with van der Waals surface area (Å²) >= 11 is 0. The first-order chi connectivity index (χ1) is 17.1. The van der Waals surface area contributed by atoms with E-state index in [9.17, 15) is 14.0 Å². The van der Waals surface area contributed by atoms with E-state index in [1.807, 2.05) is 36.4 Å². The van der Waals surface area contributed by atoms with Gasteiger partial charge in [0.15, 0.2) is 0 Å². The van der Waals surface area contributed by atoms with E-state index in [1.165, 1.54) is 18.2 Å². The van der Waals surface area contributed by atoms with Crippen molar-refractivity contribution in [2.45, 2.75) is 37.0 Å². The van der Waals surface area contributed by atoms with Crippen molar-refractivity contribution in [3.63, 3.8) is 0 Å². The average molecular weight is 472 g/mol. The summed E-state index contributed by atoms with van der Waals surface area (Å²) in [4.78, 5) is 4.74. The second kappa shape index (κ2) is 10.2. The lowest BCUT2D eigenvalue weighted by Gasteiger charge is -2.38. The third-order valence-corrected chi connectivity index (χ3v) is 7.84. The standard InChI is InChI=1S/C30H31F2N3/c31-25-10-8-23(9-11-25)27-7-4-16-35(29-21-26(32)12-13-28(27)29)20-19-34-17-14-30(22-33,15-18-34)24-5-2-1-3-6-24/h1-3,5-6,8-13,21,27H,4,7,14-20H2. The summed E-state index contributed by atoms with van der Waals surface area (Å²) in [5.74, 6) is -0.334. The highest BCUT2D eigenvalue weighted by atomic mass is 19.1. The normalized spacial score (nSPS) is 20.0. The molecule has 1 unspecified atom stereocenters. The Labute approximate surface area is 206 Å². The Balaban J connectivity index is 1.29. The van der Waals surface area contributed by atoms with Crippen molar-refractivity contribution in [3.05, 3.63) is 101 Å². The number of rotatable bonds is 5. The molecule has 35 heavy (non-hydrogen) atoms. The van der Waals surface area contributed by atoms with E-state index in [-0.39, 0.29) is 17.6 Å². The molecular formula is C30H31F2N3. The number of nitriles is 1. The maximum absolute atomic E-state index is 14.3. The molecule has 0 aromatic heterocycles. The van der Waals surface area contributed by atoms with Gasteiger partial charge in [-0.2, -0.15) is 5.26 Å². The smallest absolute Gasteiger partial charge is 0.125 e. The zero-order valence-electron chi connectivity index (χ0n) is 20.0. The first-order valence-electron chi connectivity index (χ1n) is 12.6. The van der Waals surface area contributed by atoms with Gasteiger partial charge >= 0.3 is 0 Å². The monoisotopic (exact) mass is 471 g/mol. The van der Waals surface area contributed by atoms with Crippen molar-refractivity contribution < 1.29 is 8.78 Å². The lowest BCUT2D eigenvalue weighted by Crippen LogP contribution is -2.45. The van der Waals surface area contributed by atoms with E-state index >= 15 is 0 Å². The van der Waals surface area contributed by atoms with Gasteiger partial charge in [-0.15, -0.1) is 0 Å². The Kier molecular flexibility index (Phi) is 6.83. The molecule has 0 saturated carbocycles. The Bertz CT molecular complexity index is 1180. The lowest BCUT2D eigenvalue weighted by molar-refractivity contribution is 0.189. The topological polar surface area (TPSA) is 30.3 Å². The largest absolute Gasteiger partial charge is 0.370 e. The van der Waals surface area contributed by atoms with Crippen LogP contribution in [0.5, 0.6) is 0 Å². The number of halogens is 2. The van der Waals surface area contributed by atoms with Crippen LogP contribution in [-0.2, 0) is 5.41 Å². The van der Waals surface area contributed by atoms with Gasteiger partial charge < -0.3 is 9.80 Å².